The fraction of sp³-hybridized carbons (Fsp3) is 0.444. The number of fused-ring (bicyclic) bond motifs is 1. The minimum Gasteiger partial charge on any atom is -0.393 e. The molecule has 1 saturated carbocycles. The molecule has 0 heterocycles. The normalized spacial score (nSPS) is 23.7. The van der Waals surface area contributed by atoms with E-state index >= 15 is 0 Å². The maximum Gasteiger partial charge on any atom is 0.0540 e. The topological polar surface area (TPSA) is 20.2 Å². The Morgan fingerprint density at radius 3 is 2.42 bits per heavy atom. The highest BCUT2D eigenvalue weighted by atomic mass is 16.3. The quantitative estimate of drug-likeness (QED) is 0.849. The summed E-state index contributed by atoms with van der Waals surface area (Å²) in [7, 11) is 0. The highest BCUT2D eigenvalue weighted by Crippen LogP contribution is 2.28. The molecule has 0 radical (unpaired) electrons. The lowest BCUT2D eigenvalue weighted by atomic mass is 9.83. The van der Waals surface area contributed by atoms with Crippen molar-refractivity contribution >= 4 is 10.8 Å². The Labute approximate surface area is 115 Å². The largest absolute Gasteiger partial charge is 0.393 e. The van der Waals surface area contributed by atoms with Crippen molar-refractivity contribution < 1.29 is 5.11 Å². The SMILES string of the molecule is Cc1ccc2cc(CC3CCC(O)CC3)ccc2c1. The van der Waals surface area contributed by atoms with Gasteiger partial charge in [-0.2, -0.15) is 0 Å². The van der Waals surface area contributed by atoms with Crippen LogP contribution in [0.15, 0.2) is 36.4 Å². The number of hydrogen-bond acceptors (Lipinski definition) is 1. The summed E-state index contributed by atoms with van der Waals surface area (Å²) < 4.78 is 0. The van der Waals surface area contributed by atoms with Gasteiger partial charge in [0.1, 0.15) is 0 Å². The molecule has 1 N–H and O–H groups in total. The summed E-state index contributed by atoms with van der Waals surface area (Å²) in [5.41, 5.74) is 2.76. The van der Waals surface area contributed by atoms with Gasteiger partial charge in [0, 0.05) is 0 Å². The molecule has 2 aromatic carbocycles. The third-order valence-electron chi connectivity index (χ3n) is 4.40. The molecule has 1 nitrogen and oxygen atoms in total. The molecule has 19 heavy (non-hydrogen) atoms. The molecule has 0 aliphatic heterocycles. The van der Waals surface area contributed by atoms with Gasteiger partial charge in [-0.1, -0.05) is 42.0 Å². The lowest BCUT2D eigenvalue weighted by Gasteiger charge is -2.25. The van der Waals surface area contributed by atoms with Gasteiger partial charge in [0.05, 0.1) is 6.10 Å². The molecule has 0 saturated heterocycles. The first-order valence-electron chi connectivity index (χ1n) is 7.38. The first-order chi connectivity index (χ1) is 9.20. The predicted octanol–water partition coefficient (Wildman–Crippen LogP) is 4.24. The van der Waals surface area contributed by atoms with Gasteiger partial charge in [0.2, 0.25) is 0 Å². The summed E-state index contributed by atoms with van der Waals surface area (Å²) in [4.78, 5) is 0. The number of aryl methyl sites for hydroxylation is 1. The Morgan fingerprint density at radius 1 is 0.947 bits per heavy atom. The van der Waals surface area contributed by atoms with Crippen molar-refractivity contribution in [2.24, 2.45) is 5.92 Å². The summed E-state index contributed by atoms with van der Waals surface area (Å²) in [6.45, 7) is 2.14. The van der Waals surface area contributed by atoms with Crippen LogP contribution in [-0.2, 0) is 6.42 Å². The number of hydrogen-bond donors (Lipinski definition) is 1. The summed E-state index contributed by atoms with van der Waals surface area (Å²) in [6.07, 6.45) is 5.43. The molecule has 1 aliphatic rings. The van der Waals surface area contributed by atoms with Crippen molar-refractivity contribution in [1.29, 1.82) is 0 Å². The van der Waals surface area contributed by atoms with Crippen LogP contribution in [-0.4, -0.2) is 11.2 Å². The number of rotatable bonds is 2. The Balaban J connectivity index is 1.76. The van der Waals surface area contributed by atoms with Crippen LogP contribution in [0.1, 0.15) is 36.8 Å². The molecule has 0 spiro atoms. The molecule has 0 unspecified atom stereocenters. The molecule has 3 rings (SSSR count). The van der Waals surface area contributed by atoms with Crippen LogP contribution >= 0.6 is 0 Å². The Kier molecular flexibility index (Phi) is 3.56. The number of aliphatic hydroxyl groups excluding tert-OH is 1. The van der Waals surface area contributed by atoms with Crippen molar-refractivity contribution in [2.75, 3.05) is 0 Å². The molecule has 2 aromatic rings. The van der Waals surface area contributed by atoms with Crippen molar-refractivity contribution in [3.63, 3.8) is 0 Å². The van der Waals surface area contributed by atoms with Crippen LogP contribution in [0.4, 0.5) is 0 Å². The van der Waals surface area contributed by atoms with Gasteiger partial charge in [-0.3, -0.25) is 0 Å². The first-order valence-corrected chi connectivity index (χ1v) is 7.38. The standard InChI is InChI=1S/C18H22O/c1-13-2-6-17-12-15(3-7-16(17)10-13)11-14-4-8-18(19)9-5-14/h2-3,6-7,10,12,14,18-19H,4-5,8-9,11H2,1H3. The Bertz CT molecular complexity index is 565. The van der Waals surface area contributed by atoms with E-state index in [4.69, 9.17) is 0 Å². The van der Waals surface area contributed by atoms with E-state index in [-0.39, 0.29) is 6.10 Å². The van der Waals surface area contributed by atoms with Gasteiger partial charge in [0.25, 0.3) is 0 Å². The molecule has 0 bridgehead atoms. The summed E-state index contributed by atoms with van der Waals surface area (Å²) in [5.74, 6) is 0.756. The van der Waals surface area contributed by atoms with Crippen molar-refractivity contribution in [3.8, 4) is 0 Å². The highest BCUT2D eigenvalue weighted by Gasteiger charge is 2.19. The molecular weight excluding hydrogens is 232 g/mol. The zero-order valence-corrected chi connectivity index (χ0v) is 11.6. The van der Waals surface area contributed by atoms with E-state index in [9.17, 15) is 5.11 Å². The van der Waals surface area contributed by atoms with E-state index in [1.807, 2.05) is 0 Å². The third-order valence-corrected chi connectivity index (χ3v) is 4.40. The van der Waals surface area contributed by atoms with Crippen molar-refractivity contribution in [3.05, 3.63) is 47.5 Å². The van der Waals surface area contributed by atoms with Crippen LogP contribution in [0.2, 0.25) is 0 Å². The van der Waals surface area contributed by atoms with E-state index in [0.717, 1.165) is 25.2 Å². The minimum atomic E-state index is -0.0455. The molecule has 0 atom stereocenters. The fourth-order valence-corrected chi connectivity index (χ4v) is 3.22. The van der Waals surface area contributed by atoms with Gasteiger partial charge in [-0.15, -0.1) is 0 Å². The van der Waals surface area contributed by atoms with Crippen LogP contribution in [0.25, 0.3) is 10.8 Å². The van der Waals surface area contributed by atoms with Crippen molar-refractivity contribution in [2.45, 2.75) is 45.1 Å². The maximum atomic E-state index is 9.56. The van der Waals surface area contributed by atoms with Gasteiger partial charge >= 0.3 is 0 Å². The summed E-state index contributed by atoms with van der Waals surface area (Å²) in [6, 6.07) is 13.5. The molecule has 100 valence electrons. The van der Waals surface area contributed by atoms with Crippen LogP contribution in [0.5, 0.6) is 0 Å². The molecular formula is C18H22O. The lowest BCUT2D eigenvalue weighted by Crippen LogP contribution is -2.19. The second kappa shape index (κ2) is 5.34. The molecule has 1 aliphatic carbocycles. The molecule has 0 aromatic heterocycles. The fourth-order valence-electron chi connectivity index (χ4n) is 3.22. The van der Waals surface area contributed by atoms with Gasteiger partial charge in [0.15, 0.2) is 0 Å². The van der Waals surface area contributed by atoms with Crippen LogP contribution in [0, 0.1) is 12.8 Å². The second-order valence-corrected chi connectivity index (χ2v) is 6.06. The van der Waals surface area contributed by atoms with E-state index in [2.05, 4.69) is 43.3 Å². The predicted molar refractivity (Wildman–Crippen MR) is 80.4 cm³/mol. The molecule has 1 fully saturated rings. The van der Waals surface area contributed by atoms with Gasteiger partial charge < -0.3 is 5.11 Å². The lowest BCUT2D eigenvalue weighted by molar-refractivity contribution is 0.109. The van der Waals surface area contributed by atoms with E-state index in [1.165, 1.54) is 34.7 Å². The van der Waals surface area contributed by atoms with E-state index in [0.29, 0.717) is 0 Å². The second-order valence-electron chi connectivity index (χ2n) is 6.06. The van der Waals surface area contributed by atoms with Crippen LogP contribution < -0.4 is 0 Å². The monoisotopic (exact) mass is 254 g/mol. The third kappa shape index (κ3) is 2.98. The average Bonchev–Trinajstić information content (AvgIpc) is 2.42. The van der Waals surface area contributed by atoms with Crippen molar-refractivity contribution in [1.82, 2.24) is 0 Å². The first kappa shape index (κ1) is 12.7. The zero-order valence-electron chi connectivity index (χ0n) is 11.6. The smallest absolute Gasteiger partial charge is 0.0540 e. The molecule has 1 heteroatoms. The number of benzene rings is 2. The van der Waals surface area contributed by atoms with Gasteiger partial charge in [-0.25, -0.2) is 0 Å². The van der Waals surface area contributed by atoms with E-state index < -0.39 is 0 Å². The minimum absolute atomic E-state index is 0.0455. The maximum absolute atomic E-state index is 9.56. The van der Waals surface area contributed by atoms with E-state index in [1.54, 1.807) is 0 Å². The number of aliphatic hydroxyl groups is 1. The Morgan fingerprint density at radius 2 is 1.63 bits per heavy atom. The zero-order chi connectivity index (χ0) is 13.2. The highest BCUT2D eigenvalue weighted by molar-refractivity contribution is 5.83. The Hall–Kier alpha value is -1.34. The molecule has 0 amide bonds. The summed E-state index contributed by atoms with van der Waals surface area (Å²) >= 11 is 0. The average molecular weight is 254 g/mol. The van der Waals surface area contributed by atoms with Gasteiger partial charge in [-0.05, 0) is 61.3 Å². The van der Waals surface area contributed by atoms with Crippen LogP contribution in [0.3, 0.4) is 0 Å². The summed E-state index contributed by atoms with van der Waals surface area (Å²) in [5, 5.41) is 12.2.